The number of rotatable bonds is 1. The molecule has 2 aromatic rings. The Kier molecular flexibility index (Phi) is 2.10. The van der Waals surface area contributed by atoms with Gasteiger partial charge in [0.1, 0.15) is 11.5 Å². The van der Waals surface area contributed by atoms with E-state index in [2.05, 4.69) is 33.6 Å². The summed E-state index contributed by atoms with van der Waals surface area (Å²) in [4.78, 5) is 4.31. The van der Waals surface area contributed by atoms with Gasteiger partial charge in [0.15, 0.2) is 5.82 Å². The topological polar surface area (TPSA) is 43.6 Å². The largest absolute Gasteiger partial charge is 0.309 e. The van der Waals surface area contributed by atoms with E-state index in [1.165, 1.54) is 6.42 Å². The van der Waals surface area contributed by atoms with E-state index in [0.717, 1.165) is 30.3 Å². The third-order valence-electron chi connectivity index (χ3n) is 3.10. The Labute approximate surface area is 98.4 Å². The molecule has 4 nitrogen and oxygen atoms in total. The summed E-state index contributed by atoms with van der Waals surface area (Å²) in [7, 11) is 0. The molecule has 0 amide bonds. The van der Waals surface area contributed by atoms with Gasteiger partial charge in [0, 0.05) is 18.3 Å². The van der Waals surface area contributed by atoms with Crippen LogP contribution in [0.3, 0.4) is 0 Å². The molecule has 5 heteroatoms. The Hall–Kier alpha value is -1.23. The van der Waals surface area contributed by atoms with Gasteiger partial charge < -0.3 is 4.57 Å². The fourth-order valence-corrected chi connectivity index (χ4v) is 2.69. The summed E-state index contributed by atoms with van der Waals surface area (Å²) in [6, 6.07) is 0. The van der Waals surface area contributed by atoms with E-state index in [1.54, 1.807) is 11.3 Å². The predicted molar refractivity (Wildman–Crippen MR) is 63.2 cm³/mol. The lowest BCUT2D eigenvalue weighted by atomic mass is 9.85. The van der Waals surface area contributed by atoms with Gasteiger partial charge in [0.25, 0.3) is 0 Å². The number of hydrogen-bond acceptors (Lipinski definition) is 4. The van der Waals surface area contributed by atoms with Crippen molar-refractivity contribution in [3.8, 4) is 11.5 Å². The summed E-state index contributed by atoms with van der Waals surface area (Å²) in [6.45, 7) is 5.57. The zero-order valence-electron chi connectivity index (χ0n) is 9.47. The lowest BCUT2D eigenvalue weighted by Gasteiger charge is -2.30. The van der Waals surface area contributed by atoms with E-state index < -0.39 is 0 Å². The van der Waals surface area contributed by atoms with Gasteiger partial charge in [-0.05, 0) is 11.8 Å². The first-order valence-electron chi connectivity index (χ1n) is 5.46. The number of aryl methyl sites for hydroxylation is 1. The third-order valence-corrected chi connectivity index (χ3v) is 3.69. The van der Waals surface area contributed by atoms with Gasteiger partial charge in [0.05, 0.1) is 5.51 Å². The average molecular weight is 234 g/mol. The van der Waals surface area contributed by atoms with Crippen molar-refractivity contribution in [2.75, 3.05) is 0 Å². The molecule has 0 saturated heterocycles. The van der Waals surface area contributed by atoms with Crippen LogP contribution < -0.4 is 0 Å². The fraction of sp³-hybridized carbons (Fsp3) is 0.545. The molecule has 2 aromatic heterocycles. The molecule has 0 fully saturated rings. The Morgan fingerprint density at radius 1 is 1.38 bits per heavy atom. The highest BCUT2D eigenvalue weighted by atomic mass is 32.1. The highest BCUT2D eigenvalue weighted by Gasteiger charge is 2.28. The smallest absolute Gasteiger partial charge is 0.183 e. The van der Waals surface area contributed by atoms with Crippen LogP contribution in [0.15, 0.2) is 10.9 Å². The molecule has 0 radical (unpaired) electrons. The molecule has 16 heavy (non-hydrogen) atoms. The lowest BCUT2D eigenvalue weighted by molar-refractivity contribution is 0.248. The predicted octanol–water partition coefficient (Wildman–Crippen LogP) is 2.37. The zero-order chi connectivity index (χ0) is 11.2. The standard InChI is InChI=1S/C11H14N4S/c1-11(2)4-3-9-13-14-10(15(9)6-11)8-5-16-7-12-8/h5,7H,3-4,6H2,1-2H3. The molecular weight excluding hydrogens is 220 g/mol. The lowest BCUT2D eigenvalue weighted by Crippen LogP contribution is -2.27. The van der Waals surface area contributed by atoms with Crippen molar-refractivity contribution in [2.24, 2.45) is 5.41 Å². The van der Waals surface area contributed by atoms with Gasteiger partial charge in [-0.15, -0.1) is 21.5 Å². The second-order valence-electron chi connectivity index (χ2n) is 5.06. The number of fused-ring (bicyclic) bond motifs is 1. The van der Waals surface area contributed by atoms with Crippen LogP contribution >= 0.6 is 11.3 Å². The molecular formula is C11H14N4S. The van der Waals surface area contributed by atoms with E-state index in [0.29, 0.717) is 5.41 Å². The minimum absolute atomic E-state index is 0.333. The van der Waals surface area contributed by atoms with Gasteiger partial charge in [-0.2, -0.15) is 0 Å². The summed E-state index contributed by atoms with van der Waals surface area (Å²) in [5.74, 6) is 2.02. The maximum absolute atomic E-state index is 4.31. The summed E-state index contributed by atoms with van der Waals surface area (Å²) < 4.78 is 2.22. The van der Waals surface area contributed by atoms with Gasteiger partial charge in [0.2, 0.25) is 0 Å². The van der Waals surface area contributed by atoms with Gasteiger partial charge in [-0.1, -0.05) is 13.8 Å². The quantitative estimate of drug-likeness (QED) is 0.761. The van der Waals surface area contributed by atoms with Gasteiger partial charge in [-0.3, -0.25) is 0 Å². The maximum Gasteiger partial charge on any atom is 0.183 e. The van der Waals surface area contributed by atoms with E-state index in [-0.39, 0.29) is 0 Å². The Morgan fingerprint density at radius 2 is 2.25 bits per heavy atom. The molecule has 3 heterocycles. The summed E-state index contributed by atoms with van der Waals surface area (Å²) in [5, 5.41) is 10.5. The maximum atomic E-state index is 4.31. The molecule has 0 N–H and O–H groups in total. The van der Waals surface area contributed by atoms with Crippen molar-refractivity contribution in [1.29, 1.82) is 0 Å². The Morgan fingerprint density at radius 3 is 3.00 bits per heavy atom. The second kappa shape index (κ2) is 3.38. The van der Waals surface area contributed by atoms with Crippen molar-refractivity contribution < 1.29 is 0 Å². The first-order chi connectivity index (χ1) is 7.66. The summed E-state index contributed by atoms with van der Waals surface area (Å²) in [5.41, 5.74) is 3.12. The summed E-state index contributed by atoms with van der Waals surface area (Å²) >= 11 is 1.60. The molecule has 0 unspecified atom stereocenters. The van der Waals surface area contributed by atoms with Crippen LogP contribution in [-0.2, 0) is 13.0 Å². The highest BCUT2D eigenvalue weighted by molar-refractivity contribution is 7.07. The van der Waals surface area contributed by atoms with Crippen LogP contribution in [0.1, 0.15) is 26.1 Å². The monoisotopic (exact) mass is 234 g/mol. The molecule has 3 rings (SSSR count). The molecule has 84 valence electrons. The second-order valence-corrected chi connectivity index (χ2v) is 5.78. The third kappa shape index (κ3) is 1.55. The Balaban J connectivity index is 2.07. The van der Waals surface area contributed by atoms with E-state index in [1.807, 2.05) is 10.9 Å². The van der Waals surface area contributed by atoms with Crippen LogP contribution in [0, 0.1) is 5.41 Å². The molecule has 0 spiro atoms. The molecule has 0 atom stereocenters. The highest BCUT2D eigenvalue weighted by Crippen LogP contribution is 2.32. The SMILES string of the molecule is CC1(C)CCc2nnc(-c3cscn3)n2C1. The minimum atomic E-state index is 0.333. The molecule has 0 bridgehead atoms. The van der Waals surface area contributed by atoms with Crippen molar-refractivity contribution >= 4 is 11.3 Å². The van der Waals surface area contributed by atoms with Crippen molar-refractivity contribution in [2.45, 2.75) is 33.2 Å². The average Bonchev–Trinajstić information content (AvgIpc) is 2.82. The normalized spacial score (nSPS) is 18.4. The van der Waals surface area contributed by atoms with Crippen molar-refractivity contribution in [3.63, 3.8) is 0 Å². The summed E-state index contributed by atoms with van der Waals surface area (Å²) in [6.07, 6.45) is 2.20. The number of thiazole rings is 1. The van der Waals surface area contributed by atoms with Crippen LogP contribution in [0.4, 0.5) is 0 Å². The molecule has 0 saturated carbocycles. The first kappa shape index (κ1) is 9.96. The molecule has 0 aliphatic carbocycles. The number of aromatic nitrogens is 4. The van der Waals surface area contributed by atoms with Gasteiger partial charge in [-0.25, -0.2) is 4.98 Å². The van der Waals surface area contributed by atoms with Crippen molar-refractivity contribution in [3.05, 3.63) is 16.7 Å². The Bertz CT molecular complexity index is 498. The van der Waals surface area contributed by atoms with E-state index in [9.17, 15) is 0 Å². The van der Waals surface area contributed by atoms with Crippen LogP contribution in [0.25, 0.3) is 11.5 Å². The molecule has 1 aliphatic rings. The van der Waals surface area contributed by atoms with E-state index in [4.69, 9.17) is 0 Å². The van der Waals surface area contributed by atoms with E-state index >= 15 is 0 Å². The number of nitrogens with zero attached hydrogens (tertiary/aromatic N) is 4. The fourth-order valence-electron chi connectivity index (χ4n) is 2.16. The van der Waals surface area contributed by atoms with Crippen molar-refractivity contribution in [1.82, 2.24) is 19.7 Å². The van der Waals surface area contributed by atoms with Crippen LogP contribution in [-0.4, -0.2) is 19.7 Å². The number of hydrogen-bond donors (Lipinski definition) is 0. The minimum Gasteiger partial charge on any atom is -0.309 e. The van der Waals surface area contributed by atoms with Gasteiger partial charge >= 0.3 is 0 Å². The first-order valence-corrected chi connectivity index (χ1v) is 6.41. The molecule has 0 aromatic carbocycles. The molecule has 1 aliphatic heterocycles. The van der Waals surface area contributed by atoms with Crippen LogP contribution in [0.5, 0.6) is 0 Å². The van der Waals surface area contributed by atoms with Crippen LogP contribution in [0.2, 0.25) is 0 Å². The zero-order valence-corrected chi connectivity index (χ0v) is 10.3.